The second kappa shape index (κ2) is 9.85. The summed E-state index contributed by atoms with van der Waals surface area (Å²) in [6, 6.07) is 0.787. The standard InChI is InChI=1S/C27H42N6O4/c1-26(2,3)37-25(34)33-19-4-5-20(33)16-32(15-19)23-21-6-9-28-14-22(21)29-24(30-23)36-18-27(7-8-27)17-31-10-12-35-13-11-31/h19-20,28H,4-18H2,1-3H3. The summed E-state index contributed by atoms with van der Waals surface area (Å²) >= 11 is 0. The quantitative estimate of drug-likeness (QED) is 0.613. The molecule has 0 spiro atoms. The zero-order valence-electron chi connectivity index (χ0n) is 22.6. The summed E-state index contributed by atoms with van der Waals surface area (Å²) in [4.78, 5) is 29.7. The third-order valence-corrected chi connectivity index (χ3v) is 8.41. The van der Waals surface area contributed by atoms with E-state index in [1.807, 2.05) is 25.7 Å². The molecule has 3 saturated heterocycles. The Morgan fingerprint density at radius 2 is 1.86 bits per heavy atom. The molecule has 1 saturated carbocycles. The van der Waals surface area contributed by atoms with Crippen LogP contribution in [0.3, 0.4) is 0 Å². The number of ether oxygens (including phenoxy) is 3. The molecule has 10 heteroatoms. The molecule has 204 valence electrons. The van der Waals surface area contributed by atoms with Crippen LogP contribution in [0.1, 0.15) is 57.7 Å². The Balaban J connectivity index is 1.17. The molecule has 1 aromatic heterocycles. The Hall–Kier alpha value is -2.17. The molecule has 0 radical (unpaired) electrons. The Kier molecular flexibility index (Phi) is 6.69. The van der Waals surface area contributed by atoms with E-state index in [1.165, 1.54) is 18.4 Å². The van der Waals surface area contributed by atoms with Crippen LogP contribution in [0.2, 0.25) is 0 Å². The summed E-state index contributed by atoms with van der Waals surface area (Å²) in [6.07, 6.45) is 5.12. The van der Waals surface area contributed by atoms with Crippen molar-refractivity contribution in [2.24, 2.45) is 5.41 Å². The highest BCUT2D eigenvalue weighted by Crippen LogP contribution is 2.46. The van der Waals surface area contributed by atoms with Crippen LogP contribution in [0.25, 0.3) is 0 Å². The Labute approximate surface area is 220 Å². The molecule has 2 bridgehead atoms. The van der Waals surface area contributed by atoms with E-state index >= 15 is 0 Å². The number of amides is 1. The molecule has 2 unspecified atom stereocenters. The zero-order valence-corrected chi connectivity index (χ0v) is 22.6. The smallest absolute Gasteiger partial charge is 0.410 e. The molecule has 6 rings (SSSR count). The minimum absolute atomic E-state index is 0.147. The predicted molar refractivity (Wildman–Crippen MR) is 139 cm³/mol. The number of hydrogen-bond donors (Lipinski definition) is 1. The van der Waals surface area contributed by atoms with Gasteiger partial charge in [0.2, 0.25) is 0 Å². The number of carbonyl (C=O) groups is 1. The Morgan fingerprint density at radius 1 is 1.14 bits per heavy atom. The van der Waals surface area contributed by atoms with Crippen LogP contribution >= 0.6 is 0 Å². The fraction of sp³-hybridized carbons (Fsp3) is 0.815. The monoisotopic (exact) mass is 514 g/mol. The number of fused-ring (bicyclic) bond motifs is 3. The number of piperazine rings is 1. The molecular weight excluding hydrogens is 472 g/mol. The summed E-state index contributed by atoms with van der Waals surface area (Å²) in [7, 11) is 0. The lowest BCUT2D eigenvalue weighted by atomic mass is 10.1. The SMILES string of the molecule is CC(C)(C)OC(=O)N1C2CCC1CN(c1nc(OCC3(CN4CCOCC4)CC3)nc3c1CCNC3)C2. The third-order valence-electron chi connectivity index (χ3n) is 8.41. The number of rotatable bonds is 6. The molecule has 37 heavy (non-hydrogen) atoms. The maximum Gasteiger partial charge on any atom is 0.410 e. The number of nitrogens with zero attached hydrogens (tertiary/aromatic N) is 5. The average molecular weight is 515 g/mol. The maximum atomic E-state index is 13.0. The van der Waals surface area contributed by atoms with Crippen molar-refractivity contribution in [3.63, 3.8) is 0 Å². The first kappa shape index (κ1) is 25.1. The van der Waals surface area contributed by atoms with E-state index in [-0.39, 0.29) is 23.6 Å². The number of hydrogen-bond acceptors (Lipinski definition) is 9. The van der Waals surface area contributed by atoms with E-state index in [0.717, 1.165) is 89.8 Å². The number of aromatic nitrogens is 2. The lowest BCUT2D eigenvalue weighted by Crippen LogP contribution is -2.57. The van der Waals surface area contributed by atoms with Crippen LogP contribution < -0.4 is 15.0 Å². The topological polar surface area (TPSA) is 92.3 Å². The largest absolute Gasteiger partial charge is 0.463 e. The van der Waals surface area contributed by atoms with Crippen molar-refractivity contribution in [3.8, 4) is 6.01 Å². The first-order chi connectivity index (χ1) is 17.8. The summed E-state index contributed by atoms with van der Waals surface area (Å²) in [5.74, 6) is 1.00. The molecule has 1 amide bonds. The number of anilines is 1. The number of nitrogens with one attached hydrogen (secondary N) is 1. The molecule has 5 heterocycles. The molecule has 5 aliphatic rings. The van der Waals surface area contributed by atoms with E-state index in [0.29, 0.717) is 12.6 Å². The van der Waals surface area contributed by atoms with Gasteiger partial charge in [-0.05, 0) is 59.4 Å². The van der Waals surface area contributed by atoms with Crippen molar-refractivity contribution in [2.75, 3.05) is 64.0 Å². The highest BCUT2D eigenvalue weighted by molar-refractivity contribution is 5.70. The van der Waals surface area contributed by atoms with Crippen molar-refractivity contribution in [2.45, 2.75) is 77.1 Å². The minimum Gasteiger partial charge on any atom is -0.463 e. The van der Waals surface area contributed by atoms with E-state index in [2.05, 4.69) is 15.1 Å². The van der Waals surface area contributed by atoms with Crippen molar-refractivity contribution < 1.29 is 19.0 Å². The van der Waals surface area contributed by atoms with Crippen LogP contribution in [0.5, 0.6) is 6.01 Å². The van der Waals surface area contributed by atoms with Crippen LogP contribution in [-0.2, 0) is 22.4 Å². The first-order valence-electron chi connectivity index (χ1n) is 14.1. The molecule has 2 atom stereocenters. The van der Waals surface area contributed by atoms with Gasteiger partial charge >= 0.3 is 12.1 Å². The van der Waals surface area contributed by atoms with E-state index < -0.39 is 5.60 Å². The molecule has 1 N–H and O–H groups in total. The fourth-order valence-corrected chi connectivity index (χ4v) is 6.31. The van der Waals surface area contributed by atoms with Gasteiger partial charge in [0.25, 0.3) is 0 Å². The molecule has 0 aromatic carbocycles. The van der Waals surface area contributed by atoms with Gasteiger partial charge in [-0.25, -0.2) is 4.79 Å². The van der Waals surface area contributed by atoms with E-state index in [1.54, 1.807) is 0 Å². The summed E-state index contributed by atoms with van der Waals surface area (Å²) in [5.41, 5.74) is 2.00. The maximum absolute atomic E-state index is 13.0. The summed E-state index contributed by atoms with van der Waals surface area (Å²) < 4.78 is 17.6. The van der Waals surface area contributed by atoms with Crippen LogP contribution in [-0.4, -0.2) is 103 Å². The fourth-order valence-electron chi connectivity index (χ4n) is 6.31. The third kappa shape index (κ3) is 5.52. The van der Waals surface area contributed by atoms with Gasteiger partial charge in [0.1, 0.15) is 11.4 Å². The summed E-state index contributed by atoms with van der Waals surface area (Å²) in [6.45, 7) is 14.4. The van der Waals surface area contributed by atoms with E-state index in [4.69, 9.17) is 24.2 Å². The highest BCUT2D eigenvalue weighted by atomic mass is 16.6. The van der Waals surface area contributed by atoms with Gasteiger partial charge in [-0.15, -0.1) is 0 Å². The molecule has 1 aliphatic carbocycles. The molecule has 1 aromatic rings. The van der Waals surface area contributed by atoms with E-state index in [9.17, 15) is 4.79 Å². The van der Waals surface area contributed by atoms with Crippen LogP contribution in [0.4, 0.5) is 10.6 Å². The van der Waals surface area contributed by atoms with Gasteiger partial charge < -0.3 is 24.4 Å². The van der Waals surface area contributed by atoms with Crippen molar-refractivity contribution in [3.05, 3.63) is 11.3 Å². The van der Waals surface area contributed by atoms with Crippen LogP contribution in [0.15, 0.2) is 0 Å². The zero-order chi connectivity index (χ0) is 25.6. The van der Waals surface area contributed by atoms with Gasteiger partial charge in [0.05, 0.1) is 37.6 Å². The van der Waals surface area contributed by atoms with Crippen molar-refractivity contribution >= 4 is 11.9 Å². The average Bonchev–Trinajstić information content (AvgIpc) is 3.58. The van der Waals surface area contributed by atoms with Gasteiger partial charge in [-0.3, -0.25) is 9.80 Å². The lowest BCUT2D eigenvalue weighted by Gasteiger charge is -2.42. The van der Waals surface area contributed by atoms with Gasteiger partial charge in [0.15, 0.2) is 0 Å². The summed E-state index contributed by atoms with van der Waals surface area (Å²) in [5, 5.41) is 3.46. The molecule has 4 aliphatic heterocycles. The Bertz CT molecular complexity index is 989. The first-order valence-corrected chi connectivity index (χ1v) is 14.1. The Morgan fingerprint density at radius 3 is 2.54 bits per heavy atom. The lowest BCUT2D eigenvalue weighted by molar-refractivity contribution is 0.0122. The molecular formula is C27H42N6O4. The highest BCUT2D eigenvalue weighted by Gasteiger charge is 2.46. The van der Waals surface area contributed by atoms with Crippen LogP contribution in [0, 0.1) is 5.41 Å². The second-order valence-corrected chi connectivity index (χ2v) is 12.5. The normalized spacial score (nSPS) is 27.1. The second-order valence-electron chi connectivity index (χ2n) is 12.5. The van der Waals surface area contributed by atoms with Gasteiger partial charge in [-0.1, -0.05) is 0 Å². The minimum atomic E-state index is -0.487. The van der Waals surface area contributed by atoms with Crippen molar-refractivity contribution in [1.82, 2.24) is 25.1 Å². The van der Waals surface area contributed by atoms with Crippen molar-refractivity contribution in [1.29, 1.82) is 0 Å². The predicted octanol–water partition coefficient (Wildman–Crippen LogP) is 2.20. The van der Waals surface area contributed by atoms with Gasteiger partial charge in [0, 0.05) is 50.2 Å². The number of carbonyl (C=O) groups excluding carboxylic acids is 1. The van der Waals surface area contributed by atoms with Gasteiger partial charge in [-0.2, -0.15) is 9.97 Å². The molecule has 4 fully saturated rings. The molecule has 10 nitrogen and oxygen atoms in total. The number of morpholine rings is 1.